The molecule has 0 N–H and O–H groups in total. The third-order valence-electron chi connectivity index (χ3n) is 6.07. The number of benzene rings is 2. The number of ether oxygens (including phenoxy) is 5. The first-order valence-corrected chi connectivity index (χ1v) is 10.3. The molecule has 1 aliphatic carbocycles. The van der Waals surface area contributed by atoms with Gasteiger partial charge in [-0.1, -0.05) is 15.9 Å². The van der Waals surface area contributed by atoms with Gasteiger partial charge in [-0.15, -0.1) is 0 Å². The van der Waals surface area contributed by atoms with E-state index in [2.05, 4.69) is 27.9 Å². The van der Waals surface area contributed by atoms with Crippen LogP contribution >= 0.6 is 15.9 Å². The summed E-state index contributed by atoms with van der Waals surface area (Å²) in [6, 6.07) is 2.18. The van der Waals surface area contributed by atoms with Crippen LogP contribution in [0.2, 0.25) is 0 Å². The molecule has 7 heteroatoms. The normalized spacial score (nSPS) is 17.3. The Hall–Kier alpha value is -2.12. The first-order valence-electron chi connectivity index (χ1n) is 9.50. The van der Waals surface area contributed by atoms with E-state index in [1.807, 2.05) is 6.07 Å². The van der Waals surface area contributed by atoms with Crippen molar-refractivity contribution in [1.29, 1.82) is 0 Å². The van der Waals surface area contributed by atoms with Crippen LogP contribution in [0.15, 0.2) is 10.5 Å². The lowest BCUT2D eigenvalue weighted by atomic mass is 9.75. The second-order valence-corrected chi connectivity index (χ2v) is 8.12. The molecule has 0 aromatic heterocycles. The van der Waals surface area contributed by atoms with Crippen LogP contribution in [0.25, 0.3) is 11.1 Å². The third kappa shape index (κ3) is 2.78. The molecule has 0 amide bonds. The van der Waals surface area contributed by atoms with Crippen LogP contribution in [-0.4, -0.2) is 54.0 Å². The average Bonchev–Trinajstić information content (AvgIpc) is 2.74. The molecule has 2 aliphatic rings. The molecule has 1 aliphatic heterocycles. The van der Waals surface area contributed by atoms with Gasteiger partial charge in [-0.2, -0.15) is 0 Å². The summed E-state index contributed by atoms with van der Waals surface area (Å²) in [6.07, 6.45) is 1.73. The molecule has 0 bridgehead atoms. The fourth-order valence-corrected chi connectivity index (χ4v) is 5.36. The van der Waals surface area contributed by atoms with Crippen molar-refractivity contribution in [3.05, 3.63) is 27.2 Å². The number of likely N-dealkylation sites (N-methyl/N-ethyl adjacent to an activating group) is 1. The second-order valence-electron chi connectivity index (χ2n) is 7.26. The van der Waals surface area contributed by atoms with E-state index in [1.54, 1.807) is 35.5 Å². The Balaban J connectivity index is 2.21. The molecular weight excluding hydrogens is 438 g/mol. The predicted molar refractivity (Wildman–Crippen MR) is 115 cm³/mol. The van der Waals surface area contributed by atoms with Crippen molar-refractivity contribution in [2.45, 2.75) is 18.9 Å². The number of methoxy groups -OCH3 is 5. The van der Waals surface area contributed by atoms with E-state index < -0.39 is 0 Å². The molecule has 0 fully saturated rings. The fourth-order valence-electron chi connectivity index (χ4n) is 4.79. The van der Waals surface area contributed by atoms with Gasteiger partial charge in [0.15, 0.2) is 23.0 Å². The van der Waals surface area contributed by atoms with Crippen molar-refractivity contribution < 1.29 is 23.7 Å². The fraction of sp³-hybridized carbons (Fsp3) is 0.455. The molecular formula is C22H26BrNO5. The van der Waals surface area contributed by atoms with Crippen LogP contribution in [0, 0.1) is 0 Å². The number of halogens is 1. The summed E-state index contributed by atoms with van der Waals surface area (Å²) in [6.45, 7) is 0.948. The van der Waals surface area contributed by atoms with Crippen molar-refractivity contribution in [2.24, 2.45) is 0 Å². The van der Waals surface area contributed by atoms with Crippen LogP contribution in [0.3, 0.4) is 0 Å². The summed E-state index contributed by atoms with van der Waals surface area (Å²) in [5.41, 5.74) is 5.55. The minimum atomic E-state index is 0.212. The highest BCUT2D eigenvalue weighted by molar-refractivity contribution is 9.10. The largest absolute Gasteiger partial charge is 0.493 e. The molecule has 1 unspecified atom stereocenters. The summed E-state index contributed by atoms with van der Waals surface area (Å²) in [5.74, 6) is 3.39. The topological polar surface area (TPSA) is 49.4 Å². The van der Waals surface area contributed by atoms with Gasteiger partial charge in [-0.25, -0.2) is 0 Å². The van der Waals surface area contributed by atoms with Gasteiger partial charge in [0.2, 0.25) is 5.75 Å². The van der Waals surface area contributed by atoms with Crippen molar-refractivity contribution in [3.8, 4) is 39.9 Å². The maximum absolute atomic E-state index is 5.92. The van der Waals surface area contributed by atoms with Crippen LogP contribution in [-0.2, 0) is 12.8 Å². The van der Waals surface area contributed by atoms with E-state index in [4.69, 9.17) is 23.7 Å². The highest BCUT2D eigenvalue weighted by atomic mass is 79.9. The minimum absolute atomic E-state index is 0.212. The molecule has 0 saturated heterocycles. The quantitative estimate of drug-likeness (QED) is 0.660. The zero-order valence-electron chi connectivity index (χ0n) is 17.6. The van der Waals surface area contributed by atoms with Crippen molar-refractivity contribution in [3.63, 3.8) is 0 Å². The monoisotopic (exact) mass is 463 g/mol. The number of hydrogen-bond acceptors (Lipinski definition) is 6. The molecule has 4 rings (SSSR count). The molecule has 29 heavy (non-hydrogen) atoms. The predicted octanol–water partition coefficient (Wildman–Crippen LogP) is 4.24. The van der Waals surface area contributed by atoms with E-state index in [0.717, 1.165) is 40.7 Å². The number of fused-ring (bicyclic) bond motifs is 2. The first-order chi connectivity index (χ1) is 14.0. The average molecular weight is 464 g/mol. The Morgan fingerprint density at radius 1 is 0.828 bits per heavy atom. The Bertz CT molecular complexity index is 975. The summed E-state index contributed by atoms with van der Waals surface area (Å²) in [7, 11) is 10.5. The molecule has 156 valence electrons. The molecule has 1 heterocycles. The maximum atomic E-state index is 5.92. The Morgan fingerprint density at radius 3 is 2.07 bits per heavy atom. The van der Waals surface area contributed by atoms with E-state index in [-0.39, 0.29) is 6.04 Å². The number of hydrogen-bond donors (Lipinski definition) is 0. The highest BCUT2D eigenvalue weighted by Gasteiger charge is 2.41. The Labute approximate surface area is 179 Å². The second kappa shape index (κ2) is 7.61. The van der Waals surface area contributed by atoms with E-state index >= 15 is 0 Å². The van der Waals surface area contributed by atoms with Gasteiger partial charge in [0, 0.05) is 33.7 Å². The van der Waals surface area contributed by atoms with Crippen LogP contribution < -0.4 is 23.7 Å². The van der Waals surface area contributed by atoms with Gasteiger partial charge < -0.3 is 23.7 Å². The van der Waals surface area contributed by atoms with Crippen molar-refractivity contribution >= 4 is 15.9 Å². The standard InChI is InChI=1S/C22H26BrNO5/c1-24-8-7-11-16-14(24)9-12-13(23)10-15(25-2)20(27-4)17(12)18(16)21(28-5)22(29-6)19(11)26-3/h10,14H,7-9H2,1-6H3. The number of rotatable bonds is 5. The zero-order valence-corrected chi connectivity index (χ0v) is 19.2. The summed E-state index contributed by atoms with van der Waals surface area (Å²) < 4.78 is 30.0. The number of nitrogens with zero attached hydrogens (tertiary/aromatic N) is 1. The smallest absolute Gasteiger partial charge is 0.204 e. The maximum Gasteiger partial charge on any atom is 0.204 e. The third-order valence-corrected chi connectivity index (χ3v) is 6.78. The van der Waals surface area contributed by atoms with E-state index in [9.17, 15) is 0 Å². The van der Waals surface area contributed by atoms with Crippen LogP contribution in [0.1, 0.15) is 22.7 Å². The lowest BCUT2D eigenvalue weighted by Gasteiger charge is -2.41. The Kier molecular flexibility index (Phi) is 5.29. The zero-order chi connectivity index (χ0) is 20.9. The van der Waals surface area contributed by atoms with Crippen LogP contribution in [0.4, 0.5) is 0 Å². The molecule has 0 radical (unpaired) electrons. The molecule has 1 atom stereocenters. The molecule has 2 aromatic carbocycles. The molecule has 2 aromatic rings. The Morgan fingerprint density at radius 2 is 1.48 bits per heavy atom. The van der Waals surface area contributed by atoms with Gasteiger partial charge in [0.1, 0.15) is 0 Å². The summed E-state index contributed by atoms with van der Waals surface area (Å²) in [5, 5.41) is 0. The van der Waals surface area contributed by atoms with Crippen LogP contribution in [0.5, 0.6) is 28.7 Å². The first kappa shape index (κ1) is 20.2. The van der Waals surface area contributed by atoms with Gasteiger partial charge in [0.05, 0.1) is 35.5 Å². The summed E-state index contributed by atoms with van der Waals surface area (Å²) in [4.78, 5) is 2.39. The lowest BCUT2D eigenvalue weighted by molar-refractivity contribution is 0.221. The lowest BCUT2D eigenvalue weighted by Crippen LogP contribution is -2.36. The van der Waals surface area contributed by atoms with Crippen molar-refractivity contribution in [1.82, 2.24) is 4.90 Å². The SMILES string of the molecule is COc1cc(Br)c2c(c1OC)-c1c(OC)c(OC)c(OC)c3c1C(C2)N(C)CC3. The highest BCUT2D eigenvalue weighted by Crippen LogP contribution is 2.60. The summed E-state index contributed by atoms with van der Waals surface area (Å²) >= 11 is 3.76. The van der Waals surface area contributed by atoms with Gasteiger partial charge in [-0.05, 0) is 37.1 Å². The van der Waals surface area contributed by atoms with Gasteiger partial charge in [-0.3, -0.25) is 4.90 Å². The van der Waals surface area contributed by atoms with Crippen molar-refractivity contribution in [2.75, 3.05) is 49.1 Å². The van der Waals surface area contributed by atoms with Gasteiger partial charge in [0.25, 0.3) is 0 Å². The minimum Gasteiger partial charge on any atom is -0.493 e. The molecule has 0 spiro atoms. The molecule has 0 saturated carbocycles. The van der Waals surface area contributed by atoms with E-state index in [0.29, 0.717) is 23.0 Å². The van der Waals surface area contributed by atoms with E-state index in [1.165, 1.54) is 16.7 Å². The van der Waals surface area contributed by atoms with Gasteiger partial charge >= 0.3 is 0 Å². The molecule has 6 nitrogen and oxygen atoms in total.